The smallest absolute Gasteiger partial charge is 0.196 e. The molecule has 0 saturated carbocycles. The van der Waals surface area contributed by atoms with E-state index in [1.807, 2.05) is 67.7 Å². The van der Waals surface area contributed by atoms with E-state index in [1.165, 1.54) is 5.56 Å². The highest BCUT2D eigenvalue weighted by Gasteiger charge is 2.11. The second-order valence-electron chi connectivity index (χ2n) is 7.49. The normalized spacial score (nSPS) is 10.6. The van der Waals surface area contributed by atoms with Crippen LogP contribution in [0, 0.1) is 0 Å². The third-order valence-electron chi connectivity index (χ3n) is 5.04. The number of fused-ring (bicyclic) bond motifs is 1. The van der Waals surface area contributed by atoms with E-state index in [-0.39, 0.29) is 0 Å². The minimum atomic E-state index is 0.450. The summed E-state index contributed by atoms with van der Waals surface area (Å²) in [5.41, 5.74) is 11.1. The Morgan fingerprint density at radius 1 is 0.788 bits per heavy atom. The molecule has 0 atom stereocenters. The number of aryl methyl sites for hydroxylation is 1. The van der Waals surface area contributed by atoms with E-state index < -0.39 is 0 Å². The van der Waals surface area contributed by atoms with Crippen molar-refractivity contribution in [3.05, 3.63) is 72.3 Å². The first kappa shape index (κ1) is 22.2. The largest absolute Gasteiger partial charge is 0.497 e. The Labute approximate surface area is 193 Å². The summed E-state index contributed by atoms with van der Waals surface area (Å²) in [6, 6.07) is 21.5. The third-order valence-corrected chi connectivity index (χ3v) is 5.04. The van der Waals surface area contributed by atoms with Crippen LogP contribution in [0.1, 0.15) is 18.9 Å². The summed E-state index contributed by atoms with van der Waals surface area (Å²) in [7, 11) is 3.53. The Morgan fingerprint density at radius 3 is 2.27 bits per heavy atom. The van der Waals surface area contributed by atoms with Gasteiger partial charge in [0.15, 0.2) is 11.6 Å². The average Bonchev–Trinajstić information content (AvgIpc) is 2.84. The van der Waals surface area contributed by atoms with Gasteiger partial charge in [-0.2, -0.15) is 4.94 Å². The lowest BCUT2D eigenvalue weighted by Crippen LogP contribution is -2.12. The maximum absolute atomic E-state index is 5.54. The highest BCUT2D eigenvalue weighted by Crippen LogP contribution is 2.28. The summed E-state index contributed by atoms with van der Waals surface area (Å²) in [4.78, 5) is 15.0. The number of hydrogen-bond donors (Lipinski definition) is 4. The van der Waals surface area contributed by atoms with Crippen LogP contribution in [-0.4, -0.2) is 24.1 Å². The molecule has 0 bridgehead atoms. The molecule has 0 aliphatic heterocycles. The van der Waals surface area contributed by atoms with Crippen molar-refractivity contribution >= 4 is 39.7 Å². The van der Waals surface area contributed by atoms with E-state index in [9.17, 15) is 0 Å². The number of aromatic nitrogens is 2. The summed E-state index contributed by atoms with van der Waals surface area (Å²) < 4.78 is 5.48. The summed E-state index contributed by atoms with van der Waals surface area (Å²) in [5, 5.41) is 6.47. The number of anilines is 5. The third kappa shape index (κ3) is 5.61. The van der Waals surface area contributed by atoms with Crippen LogP contribution in [0.4, 0.5) is 28.7 Å². The van der Waals surface area contributed by atoms with Crippen molar-refractivity contribution in [2.45, 2.75) is 19.8 Å². The molecule has 0 radical (unpaired) electrons. The number of para-hydroxylation sites is 2. The monoisotopic (exact) mass is 444 g/mol. The van der Waals surface area contributed by atoms with Gasteiger partial charge in [0.1, 0.15) is 5.75 Å². The molecular formula is C25H28N6O2. The van der Waals surface area contributed by atoms with Gasteiger partial charge in [-0.15, -0.1) is 0 Å². The van der Waals surface area contributed by atoms with Crippen LogP contribution in [0.15, 0.2) is 66.7 Å². The van der Waals surface area contributed by atoms with Crippen molar-refractivity contribution in [2.75, 3.05) is 35.8 Å². The molecule has 4 rings (SSSR count). The van der Waals surface area contributed by atoms with E-state index in [2.05, 4.69) is 34.6 Å². The molecular weight excluding hydrogens is 416 g/mol. The van der Waals surface area contributed by atoms with Crippen LogP contribution in [0.3, 0.4) is 0 Å². The molecule has 1 aromatic heterocycles. The van der Waals surface area contributed by atoms with Gasteiger partial charge in [0.05, 0.1) is 23.8 Å². The van der Waals surface area contributed by atoms with Gasteiger partial charge in [0, 0.05) is 24.5 Å². The Balaban J connectivity index is 1.60. The van der Waals surface area contributed by atoms with E-state index in [0.717, 1.165) is 46.7 Å². The zero-order valence-corrected chi connectivity index (χ0v) is 19.0. The molecule has 0 spiro atoms. The highest BCUT2D eigenvalue weighted by molar-refractivity contribution is 5.81. The van der Waals surface area contributed by atoms with Gasteiger partial charge in [0.25, 0.3) is 0 Å². The van der Waals surface area contributed by atoms with Crippen LogP contribution in [0.25, 0.3) is 11.0 Å². The molecule has 170 valence electrons. The van der Waals surface area contributed by atoms with Crippen molar-refractivity contribution in [1.82, 2.24) is 9.97 Å². The standard InChI is InChI=1S/C25H28N6O2/c1-4-8-17-13-20(16-21(14-17)32-3)27-24-25(29-23-12-6-5-11-22(23)28-24)31-33-30-19-10-7-9-18(15-19)26-2/h5-7,9-16,26,30H,4,8H2,1-3H3,(H,27,28)(H,29,31). The number of nitrogens with one attached hydrogen (secondary N) is 4. The zero-order chi connectivity index (χ0) is 23.0. The molecule has 8 heteroatoms. The summed E-state index contributed by atoms with van der Waals surface area (Å²) in [5.74, 6) is 1.77. The molecule has 0 aliphatic carbocycles. The maximum Gasteiger partial charge on any atom is 0.196 e. The van der Waals surface area contributed by atoms with E-state index in [0.29, 0.717) is 11.6 Å². The summed E-state index contributed by atoms with van der Waals surface area (Å²) in [6.07, 6.45) is 2.00. The number of rotatable bonds is 10. The van der Waals surface area contributed by atoms with Crippen molar-refractivity contribution < 1.29 is 9.68 Å². The van der Waals surface area contributed by atoms with E-state index in [1.54, 1.807) is 7.11 Å². The first-order valence-corrected chi connectivity index (χ1v) is 10.9. The van der Waals surface area contributed by atoms with Gasteiger partial charge in [-0.25, -0.2) is 20.9 Å². The van der Waals surface area contributed by atoms with Gasteiger partial charge in [0.2, 0.25) is 0 Å². The lowest BCUT2D eigenvalue weighted by atomic mass is 10.1. The molecule has 8 nitrogen and oxygen atoms in total. The molecule has 4 N–H and O–H groups in total. The fourth-order valence-electron chi connectivity index (χ4n) is 3.45. The molecule has 0 unspecified atom stereocenters. The van der Waals surface area contributed by atoms with Crippen LogP contribution < -0.4 is 26.3 Å². The lowest BCUT2D eigenvalue weighted by molar-refractivity contribution is 0.263. The van der Waals surface area contributed by atoms with Crippen molar-refractivity contribution in [3.8, 4) is 5.75 Å². The molecule has 0 aliphatic rings. The minimum absolute atomic E-state index is 0.450. The van der Waals surface area contributed by atoms with Crippen LogP contribution in [-0.2, 0) is 11.4 Å². The number of hydrogen-bond acceptors (Lipinski definition) is 8. The minimum Gasteiger partial charge on any atom is -0.497 e. The Kier molecular flexibility index (Phi) is 7.06. The number of ether oxygens (including phenoxy) is 1. The topological polar surface area (TPSA) is 92.4 Å². The van der Waals surface area contributed by atoms with Crippen LogP contribution in [0.2, 0.25) is 0 Å². The average molecular weight is 445 g/mol. The molecule has 3 aromatic carbocycles. The SMILES string of the molecule is CCCc1cc(Nc2nc3ccccc3nc2NONc2cccc(NC)c2)cc(OC)c1. The predicted octanol–water partition coefficient (Wildman–Crippen LogP) is 5.75. The maximum atomic E-state index is 5.54. The van der Waals surface area contributed by atoms with Gasteiger partial charge in [-0.1, -0.05) is 31.5 Å². The van der Waals surface area contributed by atoms with Crippen LogP contribution >= 0.6 is 0 Å². The van der Waals surface area contributed by atoms with E-state index >= 15 is 0 Å². The molecule has 4 aromatic rings. The van der Waals surface area contributed by atoms with Crippen LogP contribution in [0.5, 0.6) is 5.75 Å². The van der Waals surface area contributed by atoms with Crippen molar-refractivity contribution in [3.63, 3.8) is 0 Å². The van der Waals surface area contributed by atoms with Crippen molar-refractivity contribution in [2.24, 2.45) is 0 Å². The highest BCUT2D eigenvalue weighted by atomic mass is 16.8. The van der Waals surface area contributed by atoms with Crippen molar-refractivity contribution in [1.29, 1.82) is 0 Å². The number of benzene rings is 3. The zero-order valence-electron chi connectivity index (χ0n) is 19.0. The fraction of sp³-hybridized carbons (Fsp3) is 0.200. The molecule has 0 amide bonds. The van der Waals surface area contributed by atoms with Gasteiger partial charge >= 0.3 is 0 Å². The molecule has 0 fully saturated rings. The van der Waals surface area contributed by atoms with Gasteiger partial charge in [-0.05, 0) is 54.4 Å². The lowest BCUT2D eigenvalue weighted by Gasteiger charge is -2.15. The summed E-state index contributed by atoms with van der Waals surface area (Å²) >= 11 is 0. The Hall–Kier alpha value is -4.04. The quantitative estimate of drug-likeness (QED) is 0.230. The fourth-order valence-corrected chi connectivity index (χ4v) is 3.45. The molecule has 33 heavy (non-hydrogen) atoms. The summed E-state index contributed by atoms with van der Waals surface area (Å²) in [6.45, 7) is 2.15. The second kappa shape index (κ2) is 10.5. The first-order valence-electron chi connectivity index (χ1n) is 10.9. The Bertz CT molecular complexity index is 1230. The first-order chi connectivity index (χ1) is 16.2. The molecule has 1 heterocycles. The van der Waals surface area contributed by atoms with E-state index in [4.69, 9.17) is 19.6 Å². The second-order valence-corrected chi connectivity index (χ2v) is 7.49. The number of nitrogens with zero attached hydrogens (tertiary/aromatic N) is 2. The predicted molar refractivity (Wildman–Crippen MR) is 134 cm³/mol. The van der Waals surface area contributed by atoms with Gasteiger partial charge in [-0.3, -0.25) is 0 Å². The van der Waals surface area contributed by atoms with Gasteiger partial charge < -0.3 is 15.4 Å². The Morgan fingerprint density at radius 2 is 1.55 bits per heavy atom. The molecule has 0 saturated heterocycles. The number of methoxy groups -OCH3 is 1.